The molecule has 0 radical (unpaired) electrons. The van der Waals surface area contributed by atoms with Crippen molar-refractivity contribution in [3.63, 3.8) is 0 Å². The number of rotatable bonds is 6. The lowest BCUT2D eigenvalue weighted by molar-refractivity contribution is 0.414. The van der Waals surface area contributed by atoms with Crippen LogP contribution in [0.25, 0.3) is 52.5 Å². The van der Waals surface area contributed by atoms with Crippen molar-refractivity contribution in [2.75, 3.05) is 14.2 Å². The molecule has 0 unspecified atom stereocenters. The summed E-state index contributed by atoms with van der Waals surface area (Å²) in [6.45, 7) is 4.51. The number of benzene rings is 2. The van der Waals surface area contributed by atoms with Gasteiger partial charge in [-0.3, -0.25) is 0 Å². The van der Waals surface area contributed by atoms with Crippen LogP contribution in [-0.4, -0.2) is 14.2 Å². The minimum Gasteiger partial charge on any atom is -0.497 e. The molecule has 0 aliphatic heterocycles. The van der Waals surface area contributed by atoms with Gasteiger partial charge in [-0.25, -0.2) is 0 Å². The molecule has 0 amide bonds. The van der Waals surface area contributed by atoms with E-state index in [0.717, 1.165) is 11.5 Å². The van der Waals surface area contributed by atoms with Crippen LogP contribution in [-0.2, 0) is 0 Å². The monoisotopic (exact) mass is 544 g/mol. The van der Waals surface area contributed by atoms with Crippen LogP contribution in [0, 0.1) is 13.8 Å². The first kappa shape index (κ1) is 23.5. The number of hydrogen-bond acceptors (Lipinski definition) is 6. The zero-order valence-electron chi connectivity index (χ0n) is 20.4. The Bertz CT molecular complexity index is 1620. The van der Waals surface area contributed by atoms with Crippen molar-refractivity contribution < 1.29 is 9.47 Å². The highest BCUT2D eigenvalue weighted by Gasteiger charge is 2.20. The van der Waals surface area contributed by atoms with E-state index in [0.29, 0.717) is 0 Å². The number of fused-ring (bicyclic) bond motifs is 5. The van der Waals surface area contributed by atoms with Crippen molar-refractivity contribution in [3.8, 4) is 11.5 Å². The van der Waals surface area contributed by atoms with Crippen molar-refractivity contribution in [3.05, 3.63) is 80.5 Å². The van der Waals surface area contributed by atoms with Crippen LogP contribution in [0.2, 0.25) is 0 Å². The van der Waals surface area contributed by atoms with Gasteiger partial charge in [-0.05, 0) is 72.5 Å². The van der Waals surface area contributed by atoms with Crippen molar-refractivity contribution >= 4 is 97.9 Å². The van der Waals surface area contributed by atoms with Crippen molar-refractivity contribution in [1.29, 1.82) is 0 Å². The van der Waals surface area contributed by atoms with E-state index in [9.17, 15) is 0 Å². The van der Waals surface area contributed by atoms with Crippen LogP contribution < -0.4 is 9.47 Å². The smallest absolute Gasteiger partial charge is 0.118 e. The molecule has 2 nitrogen and oxygen atoms in total. The van der Waals surface area contributed by atoms with Gasteiger partial charge >= 0.3 is 0 Å². The molecular formula is C30H24O2S4. The molecule has 0 aliphatic carbocycles. The minimum absolute atomic E-state index is 0.884. The number of methoxy groups -OCH3 is 2. The Morgan fingerprint density at radius 1 is 0.472 bits per heavy atom. The fraction of sp³-hybridized carbons (Fsp3) is 0.133. The summed E-state index contributed by atoms with van der Waals surface area (Å²) in [5.74, 6) is 1.77. The number of hydrogen-bond donors (Lipinski definition) is 0. The Kier molecular flexibility index (Phi) is 6.21. The van der Waals surface area contributed by atoms with Crippen molar-refractivity contribution in [2.45, 2.75) is 13.8 Å². The largest absolute Gasteiger partial charge is 0.497 e. The molecule has 36 heavy (non-hydrogen) atoms. The standard InChI is InChI=1S/C30H24O2S4/c1-17-23(15-9-19-5-11-21(31-3)12-6-19)33-27-25(17)35-30-28-26(36-29(27)30)18(2)24(34-28)16-10-20-7-13-22(32-4)14-8-20/h5-16H,1-4H3/b15-9+,16-10+. The molecule has 0 aliphatic rings. The summed E-state index contributed by atoms with van der Waals surface area (Å²) in [5.41, 5.74) is 5.13. The van der Waals surface area contributed by atoms with Crippen LogP contribution in [0.3, 0.4) is 0 Å². The molecule has 0 atom stereocenters. The van der Waals surface area contributed by atoms with E-state index in [-0.39, 0.29) is 0 Å². The van der Waals surface area contributed by atoms with E-state index in [1.54, 1.807) is 14.2 Å². The summed E-state index contributed by atoms with van der Waals surface area (Å²) < 4.78 is 19.2. The van der Waals surface area contributed by atoms with Gasteiger partial charge in [-0.1, -0.05) is 36.4 Å². The third kappa shape index (κ3) is 4.08. The molecule has 4 heterocycles. The quantitative estimate of drug-likeness (QED) is 0.208. The zero-order valence-corrected chi connectivity index (χ0v) is 23.6. The van der Waals surface area contributed by atoms with E-state index >= 15 is 0 Å². The molecule has 2 aromatic carbocycles. The van der Waals surface area contributed by atoms with E-state index in [2.05, 4.69) is 62.4 Å². The molecule has 4 aromatic heterocycles. The molecule has 6 heteroatoms. The van der Waals surface area contributed by atoms with Gasteiger partial charge < -0.3 is 9.47 Å². The average molecular weight is 545 g/mol. The molecule has 0 N–H and O–H groups in total. The summed E-state index contributed by atoms with van der Waals surface area (Å²) >= 11 is 7.74. The first-order valence-corrected chi connectivity index (χ1v) is 14.8. The van der Waals surface area contributed by atoms with E-state index in [1.165, 1.54) is 60.2 Å². The van der Waals surface area contributed by atoms with E-state index in [1.807, 2.05) is 69.6 Å². The Morgan fingerprint density at radius 2 is 0.833 bits per heavy atom. The second-order valence-corrected chi connectivity index (χ2v) is 12.7. The lowest BCUT2D eigenvalue weighted by Gasteiger charge is -1.99. The van der Waals surface area contributed by atoms with E-state index < -0.39 is 0 Å². The first-order valence-electron chi connectivity index (χ1n) is 11.6. The summed E-state index contributed by atoms with van der Waals surface area (Å²) in [5, 5.41) is 0. The van der Waals surface area contributed by atoms with Gasteiger partial charge in [0.2, 0.25) is 0 Å². The summed E-state index contributed by atoms with van der Waals surface area (Å²) in [6.07, 6.45) is 8.89. The summed E-state index contributed by atoms with van der Waals surface area (Å²) in [6, 6.07) is 16.4. The maximum absolute atomic E-state index is 5.27. The minimum atomic E-state index is 0.884. The Balaban J connectivity index is 1.33. The first-order chi connectivity index (χ1) is 17.6. The van der Waals surface area contributed by atoms with Crippen LogP contribution in [0.5, 0.6) is 11.5 Å². The molecule has 180 valence electrons. The molecule has 0 saturated heterocycles. The highest BCUT2D eigenvalue weighted by Crippen LogP contribution is 2.52. The Labute approximate surface area is 226 Å². The van der Waals surface area contributed by atoms with Gasteiger partial charge in [-0.2, -0.15) is 0 Å². The Morgan fingerprint density at radius 3 is 1.19 bits per heavy atom. The topological polar surface area (TPSA) is 18.5 Å². The number of aryl methyl sites for hydroxylation is 2. The average Bonchev–Trinajstić information content (AvgIpc) is 3.61. The third-order valence-electron chi connectivity index (χ3n) is 6.37. The van der Waals surface area contributed by atoms with Gasteiger partial charge in [0.05, 0.1) is 42.4 Å². The van der Waals surface area contributed by atoms with Crippen LogP contribution in [0.1, 0.15) is 32.0 Å². The highest BCUT2D eigenvalue weighted by molar-refractivity contribution is 7.44. The molecule has 0 saturated carbocycles. The van der Waals surface area contributed by atoms with Crippen molar-refractivity contribution in [1.82, 2.24) is 0 Å². The summed E-state index contributed by atoms with van der Waals surface area (Å²) in [7, 11) is 3.40. The fourth-order valence-corrected chi connectivity index (χ4v) is 10.1. The summed E-state index contributed by atoms with van der Waals surface area (Å²) in [4.78, 5) is 2.68. The lowest BCUT2D eigenvalue weighted by atomic mass is 10.2. The number of ether oxygens (including phenoxy) is 2. The predicted molar refractivity (Wildman–Crippen MR) is 164 cm³/mol. The lowest BCUT2D eigenvalue weighted by Crippen LogP contribution is -1.81. The molecular weight excluding hydrogens is 521 g/mol. The van der Waals surface area contributed by atoms with Crippen molar-refractivity contribution in [2.24, 2.45) is 0 Å². The van der Waals surface area contributed by atoms with Gasteiger partial charge in [-0.15, -0.1) is 45.3 Å². The van der Waals surface area contributed by atoms with Gasteiger partial charge in [0.25, 0.3) is 0 Å². The maximum atomic E-state index is 5.27. The fourth-order valence-electron chi connectivity index (χ4n) is 4.26. The normalized spacial score (nSPS) is 12.2. The second kappa shape index (κ2) is 9.52. The predicted octanol–water partition coefficient (Wildman–Crippen LogP) is 10.4. The van der Waals surface area contributed by atoms with Gasteiger partial charge in [0, 0.05) is 9.75 Å². The van der Waals surface area contributed by atoms with Gasteiger partial charge in [0.15, 0.2) is 0 Å². The SMILES string of the molecule is COc1ccc(/C=C/c2sc3c(sc4c5sc(/C=C/c6ccc(OC)cc6)c(C)c5sc34)c2C)cc1. The molecule has 6 aromatic rings. The Hall–Kier alpha value is -2.90. The van der Waals surface area contributed by atoms with Crippen LogP contribution in [0.4, 0.5) is 0 Å². The van der Waals surface area contributed by atoms with Gasteiger partial charge in [0.1, 0.15) is 11.5 Å². The molecule has 0 fully saturated rings. The highest BCUT2D eigenvalue weighted by atomic mass is 32.1. The number of thiophene rings is 4. The third-order valence-corrected chi connectivity index (χ3v) is 12.2. The second-order valence-electron chi connectivity index (χ2n) is 8.57. The molecule has 0 spiro atoms. The van der Waals surface area contributed by atoms with Crippen LogP contribution in [0.15, 0.2) is 48.5 Å². The molecule has 6 rings (SSSR count). The molecule has 0 bridgehead atoms. The zero-order chi connectivity index (χ0) is 24.8. The van der Waals surface area contributed by atoms with Crippen LogP contribution >= 0.6 is 45.3 Å². The van der Waals surface area contributed by atoms with E-state index in [4.69, 9.17) is 9.47 Å². The maximum Gasteiger partial charge on any atom is 0.118 e.